The Morgan fingerprint density at radius 2 is 2.04 bits per heavy atom. The van der Waals surface area contributed by atoms with Crippen molar-refractivity contribution < 1.29 is 9.21 Å². The fraction of sp³-hybridized carbons (Fsp3) is 0.429. The van der Waals surface area contributed by atoms with Gasteiger partial charge in [0.25, 0.3) is 0 Å². The fourth-order valence-corrected chi connectivity index (χ4v) is 4.54. The zero-order valence-electron chi connectivity index (χ0n) is 15.6. The number of hydrogen-bond acceptors (Lipinski definition) is 3. The first kappa shape index (κ1) is 18.0. The molecule has 1 aliphatic heterocycles. The first-order valence-corrected chi connectivity index (χ1v) is 10.0. The van der Waals surface area contributed by atoms with E-state index >= 15 is 0 Å². The molecule has 1 aromatic heterocycles. The lowest BCUT2D eigenvalue weighted by molar-refractivity contribution is -0.117. The number of anilines is 2. The van der Waals surface area contributed by atoms with E-state index in [2.05, 4.69) is 10.6 Å². The van der Waals surface area contributed by atoms with Gasteiger partial charge in [-0.05, 0) is 68.2 Å². The Morgan fingerprint density at radius 1 is 1.22 bits per heavy atom. The van der Waals surface area contributed by atoms with E-state index in [9.17, 15) is 4.79 Å². The van der Waals surface area contributed by atoms with Crippen LogP contribution in [0.4, 0.5) is 11.4 Å². The third-order valence-electron chi connectivity index (χ3n) is 5.63. The van der Waals surface area contributed by atoms with E-state index in [1.165, 1.54) is 0 Å². The zero-order valence-corrected chi connectivity index (χ0v) is 16.4. The molecule has 0 bridgehead atoms. The molecule has 4 rings (SSSR count). The van der Waals surface area contributed by atoms with Crippen molar-refractivity contribution in [3.8, 4) is 0 Å². The lowest BCUT2D eigenvalue weighted by Crippen LogP contribution is -2.45. The molecule has 2 N–H and O–H groups in total. The summed E-state index contributed by atoms with van der Waals surface area (Å²) < 4.78 is 5.69. The molecular formula is C21H25N3O2S. The molecule has 2 aromatic rings. The van der Waals surface area contributed by atoms with Crippen molar-refractivity contribution in [2.45, 2.75) is 51.0 Å². The van der Waals surface area contributed by atoms with Crippen LogP contribution in [-0.4, -0.2) is 17.6 Å². The van der Waals surface area contributed by atoms with Crippen LogP contribution >= 0.6 is 12.2 Å². The van der Waals surface area contributed by atoms with Crippen LogP contribution in [0.2, 0.25) is 0 Å². The molecule has 1 saturated carbocycles. The van der Waals surface area contributed by atoms with Crippen molar-refractivity contribution in [1.82, 2.24) is 5.32 Å². The summed E-state index contributed by atoms with van der Waals surface area (Å²) in [4.78, 5) is 14.0. The summed E-state index contributed by atoms with van der Waals surface area (Å²) in [5.74, 6) is 1.13. The van der Waals surface area contributed by atoms with Gasteiger partial charge >= 0.3 is 0 Å². The highest BCUT2D eigenvalue weighted by Gasteiger charge is 2.38. The van der Waals surface area contributed by atoms with E-state index in [1.54, 1.807) is 6.26 Å². The largest absolute Gasteiger partial charge is 0.467 e. The summed E-state index contributed by atoms with van der Waals surface area (Å²) in [5.41, 5.74) is 2.72. The van der Waals surface area contributed by atoms with Crippen LogP contribution in [0.3, 0.4) is 0 Å². The Hall–Kier alpha value is -2.34. The van der Waals surface area contributed by atoms with Gasteiger partial charge in [0.2, 0.25) is 5.91 Å². The highest BCUT2D eigenvalue weighted by Crippen LogP contribution is 2.39. The molecule has 5 nitrogen and oxygen atoms in total. The Labute approximate surface area is 165 Å². The number of rotatable bonds is 4. The van der Waals surface area contributed by atoms with Gasteiger partial charge in [-0.15, -0.1) is 0 Å². The van der Waals surface area contributed by atoms with Gasteiger partial charge in [-0.3, -0.25) is 4.79 Å². The molecule has 1 aromatic carbocycles. The molecule has 0 radical (unpaired) electrons. The second kappa shape index (κ2) is 7.35. The van der Waals surface area contributed by atoms with Gasteiger partial charge in [0.15, 0.2) is 5.11 Å². The quantitative estimate of drug-likeness (QED) is 0.763. The number of amides is 1. The number of furan rings is 1. The number of carbonyl (C=O) groups excluding carboxylic acids is 1. The van der Waals surface area contributed by atoms with E-state index < -0.39 is 0 Å². The smallest absolute Gasteiger partial charge is 0.227 e. The Balaban J connectivity index is 1.50. The molecule has 142 valence electrons. The minimum absolute atomic E-state index is 0.193. The topological polar surface area (TPSA) is 57.5 Å². The van der Waals surface area contributed by atoms with Crippen molar-refractivity contribution in [3.63, 3.8) is 0 Å². The molecule has 2 aliphatic rings. The number of nitrogens with zero attached hydrogens (tertiary/aromatic N) is 1. The molecule has 6 heteroatoms. The highest BCUT2D eigenvalue weighted by molar-refractivity contribution is 7.80. The van der Waals surface area contributed by atoms with E-state index in [1.807, 2.05) is 42.2 Å². The molecule has 1 amide bonds. The number of thiocarbonyl (C=S) groups is 1. The third-order valence-corrected chi connectivity index (χ3v) is 5.84. The van der Waals surface area contributed by atoms with Crippen LogP contribution in [0.25, 0.3) is 0 Å². The Morgan fingerprint density at radius 3 is 2.70 bits per heavy atom. The molecule has 2 fully saturated rings. The van der Waals surface area contributed by atoms with Crippen LogP contribution in [0.15, 0.2) is 41.0 Å². The lowest BCUT2D eigenvalue weighted by Gasteiger charge is -2.30. The minimum atomic E-state index is -0.230. The molecule has 0 unspecified atom stereocenters. The molecule has 27 heavy (non-hydrogen) atoms. The number of benzene rings is 1. The third kappa shape index (κ3) is 3.58. The minimum Gasteiger partial charge on any atom is -0.467 e. The lowest BCUT2D eigenvalue weighted by atomic mass is 9.94. The molecular weight excluding hydrogens is 358 g/mol. The highest BCUT2D eigenvalue weighted by atomic mass is 32.1. The van der Waals surface area contributed by atoms with Crippen LogP contribution in [0, 0.1) is 6.92 Å². The number of aryl methyl sites for hydroxylation is 1. The van der Waals surface area contributed by atoms with Crippen molar-refractivity contribution in [2.75, 3.05) is 16.8 Å². The number of carbonyl (C=O) groups is 1. The first-order valence-electron chi connectivity index (χ1n) is 9.62. The summed E-state index contributed by atoms with van der Waals surface area (Å²) >= 11 is 5.61. The summed E-state index contributed by atoms with van der Waals surface area (Å²) in [5, 5.41) is 7.38. The summed E-state index contributed by atoms with van der Waals surface area (Å²) in [7, 11) is 0. The van der Waals surface area contributed by atoms with Crippen molar-refractivity contribution in [2.24, 2.45) is 0 Å². The van der Waals surface area contributed by atoms with Gasteiger partial charge in [0, 0.05) is 24.3 Å². The van der Waals surface area contributed by atoms with Crippen molar-refractivity contribution >= 4 is 34.6 Å². The normalized spacial score (nSPS) is 18.7. The monoisotopic (exact) mass is 383 g/mol. The predicted octanol–water partition coefficient (Wildman–Crippen LogP) is 4.47. The predicted molar refractivity (Wildman–Crippen MR) is 111 cm³/mol. The maximum Gasteiger partial charge on any atom is 0.227 e. The molecule has 0 spiro atoms. The molecule has 1 aliphatic carbocycles. The first-order chi connectivity index (χ1) is 13.1. The van der Waals surface area contributed by atoms with Gasteiger partial charge in [-0.2, -0.15) is 0 Å². The van der Waals surface area contributed by atoms with Crippen LogP contribution < -0.4 is 15.5 Å². The maximum absolute atomic E-state index is 12.1. The van der Waals surface area contributed by atoms with Gasteiger partial charge in [0.05, 0.1) is 11.8 Å². The maximum atomic E-state index is 12.1. The molecule has 0 atom stereocenters. The van der Waals surface area contributed by atoms with Gasteiger partial charge in [-0.1, -0.05) is 18.9 Å². The summed E-state index contributed by atoms with van der Waals surface area (Å²) in [6, 6.07) is 9.99. The molecule has 2 heterocycles. The zero-order chi connectivity index (χ0) is 18.9. The standard InChI is InChI=1S/C21H25N3O2S/c1-15-8-9-16(14-17(15)24-12-4-7-19(24)25)22-20(27)23-21(10-2-3-11-21)18-6-5-13-26-18/h5-6,8-9,13-14H,2-4,7,10-12H2,1H3,(H2,22,23,27). The summed E-state index contributed by atoms with van der Waals surface area (Å²) in [6.45, 7) is 2.82. The van der Waals surface area contributed by atoms with Crippen LogP contribution in [0.1, 0.15) is 49.8 Å². The van der Waals surface area contributed by atoms with E-state index in [0.29, 0.717) is 11.5 Å². The Kier molecular flexibility index (Phi) is 4.91. The average molecular weight is 384 g/mol. The van der Waals surface area contributed by atoms with Crippen molar-refractivity contribution in [1.29, 1.82) is 0 Å². The second-order valence-electron chi connectivity index (χ2n) is 7.50. The SMILES string of the molecule is Cc1ccc(NC(=S)NC2(c3ccco3)CCCC2)cc1N1CCCC1=O. The van der Waals surface area contributed by atoms with Gasteiger partial charge in [0.1, 0.15) is 5.76 Å². The second-order valence-corrected chi connectivity index (χ2v) is 7.90. The van der Waals surface area contributed by atoms with Crippen molar-refractivity contribution in [3.05, 3.63) is 47.9 Å². The molecule has 1 saturated heterocycles. The fourth-order valence-electron chi connectivity index (χ4n) is 4.22. The van der Waals surface area contributed by atoms with Crippen LogP contribution in [0.5, 0.6) is 0 Å². The van der Waals surface area contributed by atoms with E-state index in [0.717, 1.165) is 61.3 Å². The van der Waals surface area contributed by atoms with Crippen LogP contribution in [-0.2, 0) is 10.3 Å². The number of hydrogen-bond donors (Lipinski definition) is 2. The Bertz CT molecular complexity index is 841. The van der Waals surface area contributed by atoms with E-state index in [-0.39, 0.29) is 11.4 Å². The summed E-state index contributed by atoms with van der Waals surface area (Å²) in [6.07, 6.45) is 7.58. The van der Waals surface area contributed by atoms with E-state index in [4.69, 9.17) is 16.6 Å². The van der Waals surface area contributed by atoms with Gasteiger partial charge in [-0.25, -0.2) is 0 Å². The average Bonchev–Trinajstić information content (AvgIpc) is 3.38. The van der Waals surface area contributed by atoms with Gasteiger partial charge < -0.3 is 20.0 Å². The number of nitrogens with one attached hydrogen (secondary N) is 2.